The monoisotopic (exact) mass is 421 g/mol. The summed E-state index contributed by atoms with van der Waals surface area (Å²) in [6.45, 7) is 12.7. The molecule has 0 saturated heterocycles. The molecule has 0 aromatic carbocycles. The summed E-state index contributed by atoms with van der Waals surface area (Å²) < 4.78 is 1.34. The van der Waals surface area contributed by atoms with Crippen LogP contribution in [0.25, 0.3) is 0 Å². The van der Waals surface area contributed by atoms with Gasteiger partial charge in [0.25, 0.3) is 0 Å². The van der Waals surface area contributed by atoms with Crippen LogP contribution in [0.4, 0.5) is 0 Å². The first-order chi connectivity index (χ1) is 11.7. The van der Waals surface area contributed by atoms with E-state index in [9.17, 15) is 5.11 Å². The molecular formula is C22H48BrNO. The van der Waals surface area contributed by atoms with Crippen LogP contribution in [-0.4, -0.2) is 42.4 Å². The molecule has 3 heteroatoms. The van der Waals surface area contributed by atoms with Crippen LogP contribution in [0.2, 0.25) is 0 Å². The van der Waals surface area contributed by atoms with E-state index in [-0.39, 0.29) is 17.0 Å². The van der Waals surface area contributed by atoms with Gasteiger partial charge in [-0.25, -0.2) is 0 Å². The van der Waals surface area contributed by atoms with E-state index in [0.717, 1.165) is 6.42 Å². The predicted molar refractivity (Wildman–Crippen MR) is 108 cm³/mol. The van der Waals surface area contributed by atoms with Crippen molar-refractivity contribution in [3.8, 4) is 0 Å². The first-order valence-corrected chi connectivity index (χ1v) is 11.2. The predicted octanol–water partition coefficient (Wildman–Crippen LogP) is 3.32. The van der Waals surface area contributed by atoms with Crippen LogP contribution in [0.15, 0.2) is 0 Å². The number of quaternary nitrogens is 1. The van der Waals surface area contributed by atoms with E-state index < -0.39 is 0 Å². The molecule has 0 saturated carbocycles. The molecule has 0 amide bonds. The molecule has 0 spiro atoms. The lowest BCUT2D eigenvalue weighted by Gasteiger charge is -2.39. The van der Waals surface area contributed by atoms with Gasteiger partial charge in [-0.1, -0.05) is 59.3 Å². The Kier molecular flexibility index (Phi) is 22.9. The summed E-state index contributed by atoms with van der Waals surface area (Å²) in [4.78, 5) is 0. The van der Waals surface area contributed by atoms with Gasteiger partial charge >= 0.3 is 0 Å². The Balaban J connectivity index is 0. The van der Waals surface area contributed by atoms with Crippen molar-refractivity contribution < 1.29 is 26.6 Å². The number of unbranched alkanes of at least 4 members (excludes halogenated alkanes) is 10. The van der Waals surface area contributed by atoms with Crippen LogP contribution in [0.1, 0.15) is 111 Å². The second kappa shape index (κ2) is 20.7. The smallest absolute Gasteiger partial charge is 0.0787 e. The van der Waals surface area contributed by atoms with Crippen LogP contribution in [0.5, 0.6) is 0 Å². The average Bonchev–Trinajstić information content (AvgIpc) is 2.60. The lowest BCUT2D eigenvalue weighted by Crippen LogP contribution is -3.00. The van der Waals surface area contributed by atoms with Crippen molar-refractivity contribution in [2.24, 2.45) is 0 Å². The van der Waals surface area contributed by atoms with Crippen molar-refractivity contribution in [3.05, 3.63) is 0 Å². The maximum atomic E-state index is 9.19. The molecule has 0 aliphatic carbocycles. The molecule has 2 nitrogen and oxygen atoms in total. The van der Waals surface area contributed by atoms with E-state index in [1.807, 2.05) is 0 Å². The largest absolute Gasteiger partial charge is 1.00 e. The van der Waals surface area contributed by atoms with E-state index in [1.54, 1.807) is 0 Å². The zero-order chi connectivity index (χ0) is 17.9. The molecule has 0 bridgehead atoms. The van der Waals surface area contributed by atoms with Crippen LogP contribution in [0, 0.1) is 0 Å². The number of nitrogens with zero attached hydrogens (tertiary/aromatic N) is 1. The van der Waals surface area contributed by atoms with E-state index in [0.29, 0.717) is 6.61 Å². The van der Waals surface area contributed by atoms with Gasteiger partial charge in [-0.15, -0.1) is 0 Å². The lowest BCUT2D eigenvalue weighted by atomic mass is 10.1. The minimum absolute atomic E-state index is 0. The molecule has 0 rings (SSSR count). The fraction of sp³-hybridized carbons (Fsp3) is 1.00. The summed E-state index contributed by atoms with van der Waals surface area (Å²) in [6.07, 6.45) is 18.8. The number of hydrogen-bond acceptors (Lipinski definition) is 1. The van der Waals surface area contributed by atoms with Crippen LogP contribution in [-0.2, 0) is 0 Å². The number of rotatable bonds is 19. The van der Waals surface area contributed by atoms with Gasteiger partial charge in [0.1, 0.15) is 0 Å². The van der Waals surface area contributed by atoms with Crippen LogP contribution in [0.3, 0.4) is 0 Å². The highest BCUT2D eigenvalue weighted by Gasteiger charge is 2.25. The van der Waals surface area contributed by atoms with Crippen LogP contribution >= 0.6 is 0 Å². The molecule has 0 fully saturated rings. The summed E-state index contributed by atoms with van der Waals surface area (Å²) >= 11 is 0. The van der Waals surface area contributed by atoms with Gasteiger partial charge in [0.2, 0.25) is 0 Å². The fourth-order valence-corrected chi connectivity index (χ4v) is 3.85. The standard InChI is InChI=1S/C22H48NO.BrH/c1-4-7-10-13-18-23(21-16-17-22-24,19-14-11-8-5-2)20-15-12-9-6-3;/h24H,4-22H2,1-3H3;1H/q+1;/p-1. The topological polar surface area (TPSA) is 20.2 Å². The molecule has 0 atom stereocenters. The molecule has 154 valence electrons. The first-order valence-electron chi connectivity index (χ1n) is 11.2. The minimum atomic E-state index is 0. The lowest BCUT2D eigenvalue weighted by molar-refractivity contribution is -0.929. The zero-order valence-electron chi connectivity index (χ0n) is 17.7. The van der Waals surface area contributed by atoms with Gasteiger partial charge in [0.05, 0.1) is 26.2 Å². The average molecular weight is 423 g/mol. The molecule has 0 aromatic heterocycles. The van der Waals surface area contributed by atoms with Crippen LogP contribution < -0.4 is 17.0 Å². The van der Waals surface area contributed by atoms with Gasteiger partial charge in [0.15, 0.2) is 0 Å². The van der Waals surface area contributed by atoms with Gasteiger partial charge in [-0.05, 0) is 51.4 Å². The summed E-state index contributed by atoms with van der Waals surface area (Å²) in [5, 5.41) is 9.19. The minimum Gasteiger partial charge on any atom is -1.00 e. The SMILES string of the molecule is CCCCCC[N+](CCCCO)(CCCCCC)CCCCCC.[Br-]. The fourth-order valence-electron chi connectivity index (χ4n) is 3.85. The highest BCUT2D eigenvalue weighted by atomic mass is 79.9. The normalized spacial score (nSPS) is 11.5. The Labute approximate surface area is 170 Å². The van der Waals surface area contributed by atoms with Gasteiger partial charge < -0.3 is 26.6 Å². The Morgan fingerprint density at radius 1 is 0.480 bits per heavy atom. The third-order valence-electron chi connectivity index (χ3n) is 5.50. The first kappa shape index (κ1) is 27.6. The van der Waals surface area contributed by atoms with E-state index in [1.165, 1.54) is 114 Å². The Hall–Kier alpha value is 0.400. The molecule has 0 aliphatic heterocycles. The third-order valence-corrected chi connectivity index (χ3v) is 5.50. The molecule has 0 unspecified atom stereocenters. The maximum Gasteiger partial charge on any atom is 0.0787 e. The van der Waals surface area contributed by atoms with Gasteiger partial charge in [0, 0.05) is 6.61 Å². The highest BCUT2D eigenvalue weighted by Crippen LogP contribution is 2.18. The van der Waals surface area contributed by atoms with E-state index in [2.05, 4.69) is 20.8 Å². The summed E-state index contributed by atoms with van der Waals surface area (Å²) in [7, 11) is 0. The number of aliphatic hydroxyl groups is 1. The molecule has 1 N–H and O–H groups in total. The van der Waals surface area contributed by atoms with Crippen molar-refractivity contribution in [1.29, 1.82) is 0 Å². The number of halogens is 1. The van der Waals surface area contributed by atoms with Crippen molar-refractivity contribution in [1.82, 2.24) is 0 Å². The van der Waals surface area contributed by atoms with Crippen molar-refractivity contribution in [3.63, 3.8) is 0 Å². The highest BCUT2D eigenvalue weighted by molar-refractivity contribution is 4.53. The molecule has 0 radical (unpaired) electrons. The van der Waals surface area contributed by atoms with Gasteiger partial charge in [-0.2, -0.15) is 0 Å². The maximum absolute atomic E-state index is 9.19. The molecule has 0 heterocycles. The quantitative estimate of drug-likeness (QED) is 0.250. The summed E-state index contributed by atoms with van der Waals surface area (Å²) in [6, 6.07) is 0. The zero-order valence-corrected chi connectivity index (χ0v) is 19.3. The Morgan fingerprint density at radius 3 is 1.08 bits per heavy atom. The second-order valence-corrected chi connectivity index (χ2v) is 7.85. The third kappa shape index (κ3) is 16.3. The van der Waals surface area contributed by atoms with Crippen molar-refractivity contribution in [2.45, 2.75) is 111 Å². The van der Waals surface area contributed by atoms with E-state index in [4.69, 9.17) is 0 Å². The Bertz CT molecular complexity index is 217. The Morgan fingerprint density at radius 2 is 0.800 bits per heavy atom. The van der Waals surface area contributed by atoms with Crippen molar-refractivity contribution >= 4 is 0 Å². The van der Waals surface area contributed by atoms with Gasteiger partial charge in [-0.3, -0.25) is 0 Å². The van der Waals surface area contributed by atoms with Crippen molar-refractivity contribution in [2.75, 3.05) is 32.8 Å². The van der Waals surface area contributed by atoms with E-state index >= 15 is 0 Å². The molecule has 25 heavy (non-hydrogen) atoms. The molecular weight excluding hydrogens is 374 g/mol. The number of hydrogen-bond donors (Lipinski definition) is 1. The summed E-state index contributed by atoms with van der Waals surface area (Å²) in [5.41, 5.74) is 0. The molecule has 0 aromatic rings. The molecule has 0 aliphatic rings. The second-order valence-electron chi connectivity index (χ2n) is 7.85. The summed E-state index contributed by atoms with van der Waals surface area (Å²) in [5.74, 6) is 0. The number of aliphatic hydroxyl groups excluding tert-OH is 1.